The summed E-state index contributed by atoms with van der Waals surface area (Å²) >= 11 is 1.42. The smallest absolute Gasteiger partial charge is 0.265 e. The fourth-order valence-corrected chi connectivity index (χ4v) is 3.74. The molecule has 2 amide bonds. The van der Waals surface area contributed by atoms with Crippen molar-refractivity contribution < 1.29 is 9.59 Å². The molecule has 1 aliphatic rings. The average molecular weight is 386 g/mol. The maximum Gasteiger partial charge on any atom is 0.265 e. The van der Waals surface area contributed by atoms with Crippen molar-refractivity contribution in [2.45, 2.75) is 32.7 Å². The molecule has 3 rings (SSSR count). The number of carbonyl (C=O) groups is 2. The molecule has 0 radical (unpaired) electrons. The van der Waals surface area contributed by atoms with Crippen LogP contribution in [-0.4, -0.2) is 37.4 Å². The Hall–Kier alpha value is -2.34. The van der Waals surface area contributed by atoms with Crippen molar-refractivity contribution >= 4 is 34.5 Å². The van der Waals surface area contributed by atoms with E-state index in [1.807, 2.05) is 66.5 Å². The number of nitrogens with zero attached hydrogens (tertiary/aromatic N) is 2. The van der Waals surface area contributed by atoms with Crippen molar-refractivity contribution in [3.8, 4) is 0 Å². The maximum absolute atomic E-state index is 12.4. The van der Waals surface area contributed by atoms with Crippen LogP contribution in [0.5, 0.6) is 0 Å². The second kappa shape index (κ2) is 8.57. The van der Waals surface area contributed by atoms with E-state index in [9.17, 15) is 9.59 Å². The predicted octanol–water partition coefficient (Wildman–Crippen LogP) is 4.22. The number of hydrogen-bond acceptors (Lipinski definition) is 4. The van der Waals surface area contributed by atoms with Gasteiger partial charge in [0.15, 0.2) is 0 Å². The number of nitrogens with one attached hydrogen (secondary N) is 1. The Balaban J connectivity index is 1.82. The number of rotatable bonds is 8. The minimum absolute atomic E-state index is 0.104. The molecule has 0 unspecified atom stereocenters. The van der Waals surface area contributed by atoms with E-state index in [0.29, 0.717) is 23.8 Å². The van der Waals surface area contributed by atoms with Gasteiger partial charge in [0.2, 0.25) is 5.91 Å². The third-order valence-electron chi connectivity index (χ3n) is 4.76. The van der Waals surface area contributed by atoms with E-state index < -0.39 is 0 Å². The fourth-order valence-electron chi connectivity index (χ4n) is 3.12. The summed E-state index contributed by atoms with van der Waals surface area (Å²) in [6, 6.07) is 9.59. The van der Waals surface area contributed by atoms with Gasteiger partial charge in [0.05, 0.1) is 4.88 Å². The van der Waals surface area contributed by atoms with E-state index in [4.69, 9.17) is 0 Å². The van der Waals surface area contributed by atoms with Crippen molar-refractivity contribution in [2.24, 2.45) is 5.92 Å². The Morgan fingerprint density at radius 2 is 2.00 bits per heavy atom. The lowest BCUT2D eigenvalue weighted by atomic mass is 10.1. The summed E-state index contributed by atoms with van der Waals surface area (Å²) in [5, 5.41) is 4.86. The largest absolute Gasteiger partial charge is 0.377 e. The first kappa shape index (κ1) is 19.4. The van der Waals surface area contributed by atoms with Gasteiger partial charge in [0, 0.05) is 45.0 Å². The molecular formula is C21H27N3O2S. The van der Waals surface area contributed by atoms with Gasteiger partial charge in [-0.1, -0.05) is 13.0 Å². The molecule has 1 heterocycles. The molecule has 0 saturated heterocycles. The third-order valence-corrected chi connectivity index (χ3v) is 5.62. The van der Waals surface area contributed by atoms with Crippen molar-refractivity contribution in [3.05, 3.63) is 46.2 Å². The SMILES string of the molecule is CCC(=O)N(Cc1cc(NC(=O)c2cccs2)ccc1N(C)C)CC1CC1. The van der Waals surface area contributed by atoms with E-state index >= 15 is 0 Å². The van der Waals surface area contributed by atoms with Gasteiger partial charge >= 0.3 is 0 Å². The molecule has 27 heavy (non-hydrogen) atoms. The average Bonchev–Trinajstić information content (AvgIpc) is 3.29. The summed E-state index contributed by atoms with van der Waals surface area (Å²) in [5.41, 5.74) is 2.87. The molecule has 144 valence electrons. The minimum Gasteiger partial charge on any atom is -0.377 e. The van der Waals surface area contributed by atoms with Crippen LogP contribution in [0.4, 0.5) is 11.4 Å². The highest BCUT2D eigenvalue weighted by Crippen LogP contribution is 2.32. The zero-order chi connectivity index (χ0) is 19.4. The molecule has 1 aromatic heterocycles. The molecule has 5 nitrogen and oxygen atoms in total. The van der Waals surface area contributed by atoms with Crippen LogP contribution in [0.15, 0.2) is 35.7 Å². The minimum atomic E-state index is -0.104. The predicted molar refractivity (Wildman–Crippen MR) is 111 cm³/mol. The van der Waals surface area contributed by atoms with Crippen molar-refractivity contribution in [3.63, 3.8) is 0 Å². The van der Waals surface area contributed by atoms with Crippen LogP contribution in [0.2, 0.25) is 0 Å². The molecule has 1 aliphatic carbocycles. The van der Waals surface area contributed by atoms with Gasteiger partial charge in [0.1, 0.15) is 0 Å². The van der Waals surface area contributed by atoms with Gasteiger partial charge in [0.25, 0.3) is 5.91 Å². The first-order valence-corrected chi connectivity index (χ1v) is 10.3. The quantitative estimate of drug-likeness (QED) is 0.740. The lowest BCUT2D eigenvalue weighted by Gasteiger charge is -2.26. The Morgan fingerprint density at radius 3 is 2.59 bits per heavy atom. The van der Waals surface area contributed by atoms with E-state index in [2.05, 4.69) is 5.32 Å². The van der Waals surface area contributed by atoms with Crippen LogP contribution in [0, 0.1) is 5.92 Å². The summed E-state index contributed by atoms with van der Waals surface area (Å²) in [5.74, 6) is 0.720. The zero-order valence-corrected chi connectivity index (χ0v) is 17.0. The Bertz CT molecular complexity index is 798. The lowest BCUT2D eigenvalue weighted by molar-refractivity contribution is -0.131. The number of anilines is 2. The molecule has 0 bridgehead atoms. The Labute approximate surface area is 165 Å². The van der Waals surface area contributed by atoms with Crippen LogP contribution >= 0.6 is 11.3 Å². The zero-order valence-electron chi connectivity index (χ0n) is 16.2. The Kier molecular flexibility index (Phi) is 6.16. The molecule has 0 atom stereocenters. The van der Waals surface area contributed by atoms with Crippen LogP contribution < -0.4 is 10.2 Å². The first-order valence-electron chi connectivity index (χ1n) is 9.40. The first-order chi connectivity index (χ1) is 13.0. The van der Waals surface area contributed by atoms with E-state index in [-0.39, 0.29) is 11.8 Å². The summed E-state index contributed by atoms with van der Waals surface area (Å²) in [4.78, 5) is 29.5. The van der Waals surface area contributed by atoms with Crippen LogP contribution in [0.3, 0.4) is 0 Å². The highest BCUT2D eigenvalue weighted by Gasteiger charge is 2.27. The van der Waals surface area contributed by atoms with Gasteiger partial charge in [-0.25, -0.2) is 0 Å². The standard InChI is InChI=1S/C21H27N3O2S/c1-4-20(25)24(13-15-7-8-15)14-16-12-17(9-10-18(16)23(2)3)22-21(26)19-6-5-11-27-19/h5-6,9-12,15H,4,7-8,13-14H2,1-3H3,(H,22,26). The molecule has 1 saturated carbocycles. The number of hydrogen-bond donors (Lipinski definition) is 1. The van der Waals surface area contributed by atoms with Gasteiger partial charge in [-0.3, -0.25) is 9.59 Å². The third kappa shape index (κ3) is 5.10. The van der Waals surface area contributed by atoms with Crippen LogP contribution in [0.1, 0.15) is 41.4 Å². The highest BCUT2D eigenvalue weighted by atomic mass is 32.1. The maximum atomic E-state index is 12.4. The molecule has 0 spiro atoms. The second-order valence-electron chi connectivity index (χ2n) is 7.24. The normalized spacial score (nSPS) is 13.3. The monoisotopic (exact) mass is 385 g/mol. The number of amides is 2. The van der Waals surface area contributed by atoms with Crippen molar-refractivity contribution in [1.82, 2.24) is 4.90 Å². The van der Waals surface area contributed by atoms with Gasteiger partial charge in [-0.05, 0) is 54.0 Å². The van der Waals surface area contributed by atoms with E-state index in [0.717, 1.165) is 23.5 Å². The summed E-state index contributed by atoms with van der Waals surface area (Å²) < 4.78 is 0. The summed E-state index contributed by atoms with van der Waals surface area (Å²) in [7, 11) is 3.99. The molecule has 0 aliphatic heterocycles. The van der Waals surface area contributed by atoms with Crippen LogP contribution in [0.25, 0.3) is 0 Å². The molecule has 1 fully saturated rings. The van der Waals surface area contributed by atoms with Gasteiger partial charge < -0.3 is 15.1 Å². The van der Waals surface area contributed by atoms with E-state index in [1.165, 1.54) is 24.2 Å². The molecule has 2 aromatic rings. The van der Waals surface area contributed by atoms with Gasteiger partial charge in [-0.15, -0.1) is 11.3 Å². The lowest BCUT2D eigenvalue weighted by Crippen LogP contribution is -2.32. The van der Waals surface area contributed by atoms with Crippen molar-refractivity contribution in [2.75, 3.05) is 30.9 Å². The second-order valence-corrected chi connectivity index (χ2v) is 8.19. The van der Waals surface area contributed by atoms with Gasteiger partial charge in [-0.2, -0.15) is 0 Å². The van der Waals surface area contributed by atoms with Crippen molar-refractivity contribution in [1.29, 1.82) is 0 Å². The fraction of sp³-hybridized carbons (Fsp3) is 0.429. The van der Waals surface area contributed by atoms with Crippen LogP contribution in [-0.2, 0) is 11.3 Å². The molecular weight excluding hydrogens is 358 g/mol. The topological polar surface area (TPSA) is 52.7 Å². The number of carbonyl (C=O) groups excluding carboxylic acids is 2. The molecule has 1 aromatic carbocycles. The molecule has 6 heteroatoms. The number of benzene rings is 1. The van der Waals surface area contributed by atoms with E-state index in [1.54, 1.807) is 0 Å². The summed E-state index contributed by atoms with van der Waals surface area (Å²) in [6.07, 6.45) is 2.94. The number of thiophene rings is 1. The highest BCUT2D eigenvalue weighted by molar-refractivity contribution is 7.12. The molecule has 1 N–H and O–H groups in total. The summed E-state index contributed by atoms with van der Waals surface area (Å²) in [6.45, 7) is 3.30. The Morgan fingerprint density at radius 1 is 1.22 bits per heavy atom.